The lowest BCUT2D eigenvalue weighted by Gasteiger charge is -2.24. The number of hydrogen-bond acceptors (Lipinski definition) is 4. The molecule has 1 aromatic carbocycles. The van der Waals surface area contributed by atoms with Gasteiger partial charge in [-0.2, -0.15) is 0 Å². The molecular formula is C16H23NO4. The molecule has 1 aliphatic rings. The summed E-state index contributed by atoms with van der Waals surface area (Å²) in [5.41, 5.74) is 2.16. The largest absolute Gasteiger partial charge is 0.493 e. The minimum atomic E-state index is -0.738. The lowest BCUT2D eigenvalue weighted by atomic mass is 10.0. The van der Waals surface area contributed by atoms with E-state index in [-0.39, 0.29) is 5.92 Å². The Morgan fingerprint density at radius 2 is 1.95 bits per heavy atom. The molecule has 5 heteroatoms. The smallest absolute Gasteiger partial charge is 0.321 e. The summed E-state index contributed by atoms with van der Waals surface area (Å²) in [4.78, 5) is 13.5. The molecule has 0 bridgehead atoms. The van der Waals surface area contributed by atoms with Gasteiger partial charge in [-0.05, 0) is 49.1 Å². The van der Waals surface area contributed by atoms with Crippen molar-refractivity contribution in [3.8, 4) is 11.5 Å². The molecule has 21 heavy (non-hydrogen) atoms. The lowest BCUT2D eigenvalue weighted by molar-refractivity contribution is -0.143. The van der Waals surface area contributed by atoms with Crippen LogP contribution in [0.4, 0.5) is 0 Å². The van der Waals surface area contributed by atoms with Crippen LogP contribution in [-0.4, -0.2) is 42.8 Å². The number of ether oxygens (including phenoxy) is 2. The summed E-state index contributed by atoms with van der Waals surface area (Å²) in [6, 6.07) is 3.47. The zero-order chi connectivity index (χ0) is 15.6. The molecule has 2 unspecified atom stereocenters. The van der Waals surface area contributed by atoms with Crippen molar-refractivity contribution in [1.29, 1.82) is 0 Å². The minimum absolute atomic E-state index is 0.183. The first-order chi connectivity index (χ1) is 9.97. The van der Waals surface area contributed by atoms with Crippen LogP contribution in [0.25, 0.3) is 0 Å². The summed E-state index contributed by atoms with van der Waals surface area (Å²) < 4.78 is 10.6. The first kappa shape index (κ1) is 15.6. The Kier molecular flexibility index (Phi) is 4.73. The van der Waals surface area contributed by atoms with E-state index in [1.54, 1.807) is 14.2 Å². The monoisotopic (exact) mass is 293 g/mol. The maximum absolute atomic E-state index is 11.4. The number of methoxy groups -OCH3 is 2. The van der Waals surface area contributed by atoms with Crippen LogP contribution >= 0.6 is 0 Å². The van der Waals surface area contributed by atoms with Gasteiger partial charge in [-0.25, -0.2) is 0 Å². The van der Waals surface area contributed by atoms with Crippen LogP contribution in [0.5, 0.6) is 11.5 Å². The molecule has 0 aromatic heterocycles. The van der Waals surface area contributed by atoms with Gasteiger partial charge in [-0.1, -0.05) is 6.92 Å². The fourth-order valence-corrected chi connectivity index (χ4v) is 3.02. The van der Waals surface area contributed by atoms with Crippen molar-refractivity contribution in [3.63, 3.8) is 0 Å². The van der Waals surface area contributed by atoms with Crippen LogP contribution in [0.15, 0.2) is 12.1 Å². The third kappa shape index (κ3) is 3.13. The molecule has 116 valence electrons. The maximum Gasteiger partial charge on any atom is 0.321 e. The summed E-state index contributed by atoms with van der Waals surface area (Å²) in [7, 11) is 3.22. The Balaban J connectivity index is 2.25. The van der Waals surface area contributed by atoms with Gasteiger partial charge in [-0.3, -0.25) is 9.69 Å². The van der Waals surface area contributed by atoms with Crippen molar-refractivity contribution in [1.82, 2.24) is 4.90 Å². The number of carboxylic acids is 1. The molecule has 0 saturated carbocycles. The second-order valence-corrected chi connectivity index (χ2v) is 5.65. The minimum Gasteiger partial charge on any atom is -0.493 e. The van der Waals surface area contributed by atoms with Crippen molar-refractivity contribution in [2.75, 3.05) is 20.8 Å². The average Bonchev–Trinajstić information content (AvgIpc) is 2.81. The molecule has 0 aliphatic carbocycles. The normalized spacial score (nSPS) is 22.3. The van der Waals surface area contributed by atoms with Gasteiger partial charge in [0.25, 0.3) is 0 Å². The molecule has 1 fully saturated rings. The fraction of sp³-hybridized carbons (Fsp3) is 0.562. The third-order valence-corrected chi connectivity index (χ3v) is 4.27. The van der Waals surface area contributed by atoms with Crippen LogP contribution in [0.2, 0.25) is 0 Å². The van der Waals surface area contributed by atoms with E-state index in [0.717, 1.165) is 24.1 Å². The number of benzene rings is 1. The van der Waals surface area contributed by atoms with Crippen LogP contribution in [-0.2, 0) is 11.3 Å². The van der Waals surface area contributed by atoms with Gasteiger partial charge in [-0.15, -0.1) is 0 Å². The molecule has 0 spiro atoms. The Bertz CT molecular complexity index is 529. The number of nitrogens with zero attached hydrogens (tertiary/aromatic N) is 1. The number of carboxylic acid groups (broad SMARTS) is 1. The summed E-state index contributed by atoms with van der Waals surface area (Å²) in [5.74, 6) is 0.821. The van der Waals surface area contributed by atoms with E-state index in [0.29, 0.717) is 18.0 Å². The quantitative estimate of drug-likeness (QED) is 0.902. The highest BCUT2D eigenvalue weighted by molar-refractivity contribution is 5.74. The number of aryl methyl sites for hydroxylation is 1. The molecule has 1 N–H and O–H groups in total. The highest BCUT2D eigenvalue weighted by atomic mass is 16.5. The number of aliphatic carboxylic acids is 1. The molecule has 1 saturated heterocycles. The first-order valence-electron chi connectivity index (χ1n) is 7.16. The molecule has 1 heterocycles. The molecule has 1 aromatic rings. The predicted molar refractivity (Wildman–Crippen MR) is 79.9 cm³/mol. The van der Waals surface area contributed by atoms with Gasteiger partial charge < -0.3 is 14.6 Å². The SMILES string of the molecule is COc1cc(C)c(CN2CCC(C)C2C(=O)O)cc1OC. The number of carbonyl (C=O) groups is 1. The van der Waals surface area contributed by atoms with Gasteiger partial charge >= 0.3 is 5.97 Å². The van der Waals surface area contributed by atoms with Crippen molar-refractivity contribution >= 4 is 5.97 Å². The second kappa shape index (κ2) is 6.35. The lowest BCUT2D eigenvalue weighted by Crippen LogP contribution is -2.38. The first-order valence-corrected chi connectivity index (χ1v) is 7.16. The zero-order valence-corrected chi connectivity index (χ0v) is 13.0. The molecule has 2 atom stereocenters. The van der Waals surface area contributed by atoms with Crippen molar-refractivity contribution in [2.24, 2.45) is 5.92 Å². The van der Waals surface area contributed by atoms with Gasteiger partial charge in [0.05, 0.1) is 14.2 Å². The van der Waals surface area contributed by atoms with Gasteiger partial charge in [0.15, 0.2) is 11.5 Å². The summed E-state index contributed by atoms with van der Waals surface area (Å²) in [6.07, 6.45) is 0.920. The highest BCUT2D eigenvalue weighted by Gasteiger charge is 2.36. The highest BCUT2D eigenvalue weighted by Crippen LogP contribution is 2.33. The van der Waals surface area contributed by atoms with Crippen molar-refractivity contribution < 1.29 is 19.4 Å². The number of hydrogen-bond donors (Lipinski definition) is 1. The van der Waals surface area contributed by atoms with E-state index in [1.807, 2.05) is 30.9 Å². The molecule has 0 radical (unpaired) electrons. The zero-order valence-electron chi connectivity index (χ0n) is 13.0. The van der Waals surface area contributed by atoms with E-state index < -0.39 is 12.0 Å². The Morgan fingerprint density at radius 1 is 1.33 bits per heavy atom. The Hall–Kier alpha value is -1.75. The summed E-state index contributed by atoms with van der Waals surface area (Å²) in [6.45, 7) is 5.44. The van der Waals surface area contributed by atoms with Crippen LogP contribution in [0.3, 0.4) is 0 Å². The second-order valence-electron chi connectivity index (χ2n) is 5.65. The Morgan fingerprint density at radius 3 is 2.52 bits per heavy atom. The predicted octanol–water partition coefficient (Wildman–Crippen LogP) is 2.31. The molecule has 1 aliphatic heterocycles. The van der Waals surface area contributed by atoms with Crippen molar-refractivity contribution in [3.05, 3.63) is 23.3 Å². The van der Waals surface area contributed by atoms with E-state index >= 15 is 0 Å². The Labute approximate surface area is 125 Å². The van der Waals surface area contributed by atoms with Gasteiger partial charge in [0, 0.05) is 6.54 Å². The van der Waals surface area contributed by atoms with E-state index in [2.05, 4.69) is 0 Å². The summed E-state index contributed by atoms with van der Waals surface area (Å²) in [5, 5.41) is 9.40. The standard InChI is InChI=1S/C16H23NO4/c1-10-5-6-17(15(10)16(18)19)9-12-8-14(21-4)13(20-3)7-11(12)2/h7-8,10,15H,5-6,9H2,1-4H3,(H,18,19). The molecule has 5 nitrogen and oxygen atoms in total. The van der Waals surface area contributed by atoms with Gasteiger partial charge in [0.2, 0.25) is 0 Å². The van der Waals surface area contributed by atoms with E-state index in [1.165, 1.54) is 0 Å². The molecule has 2 rings (SSSR count). The molecule has 0 amide bonds. The maximum atomic E-state index is 11.4. The van der Waals surface area contributed by atoms with Crippen LogP contribution in [0.1, 0.15) is 24.5 Å². The summed E-state index contributed by atoms with van der Waals surface area (Å²) >= 11 is 0. The van der Waals surface area contributed by atoms with E-state index in [4.69, 9.17) is 9.47 Å². The van der Waals surface area contributed by atoms with E-state index in [9.17, 15) is 9.90 Å². The number of likely N-dealkylation sites (tertiary alicyclic amines) is 1. The van der Waals surface area contributed by atoms with Crippen molar-refractivity contribution in [2.45, 2.75) is 32.9 Å². The fourth-order valence-electron chi connectivity index (χ4n) is 3.02. The van der Waals surface area contributed by atoms with Crippen LogP contribution in [0, 0.1) is 12.8 Å². The van der Waals surface area contributed by atoms with Crippen LogP contribution < -0.4 is 9.47 Å². The topological polar surface area (TPSA) is 59.0 Å². The van der Waals surface area contributed by atoms with Gasteiger partial charge in [0.1, 0.15) is 6.04 Å². The average molecular weight is 293 g/mol. The molecular weight excluding hydrogens is 270 g/mol. The number of rotatable bonds is 5. The third-order valence-electron chi connectivity index (χ3n) is 4.27.